The number of alkyl halides is 2. The third kappa shape index (κ3) is 2.83. The predicted molar refractivity (Wildman–Crippen MR) is 57.6 cm³/mol. The molecule has 0 spiro atoms. The SMILES string of the molecule is COC(=O)Cc1ncc(I)c(C(F)F)c1F. The first-order valence-electron chi connectivity index (χ1n) is 4.15. The van der Waals surface area contributed by atoms with Crippen molar-refractivity contribution in [2.45, 2.75) is 12.8 Å². The normalized spacial score (nSPS) is 10.6. The van der Waals surface area contributed by atoms with Gasteiger partial charge in [-0.2, -0.15) is 0 Å². The third-order valence-corrected chi connectivity index (χ3v) is 2.70. The minimum absolute atomic E-state index is 0.0266. The Hall–Kier alpha value is -0.860. The molecule has 16 heavy (non-hydrogen) atoms. The molecule has 0 bridgehead atoms. The van der Waals surface area contributed by atoms with Crippen LogP contribution in [0.3, 0.4) is 0 Å². The molecular formula is C9H7F3INO2. The fraction of sp³-hybridized carbons (Fsp3) is 0.333. The number of aromatic nitrogens is 1. The third-order valence-electron chi connectivity index (χ3n) is 1.84. The second-order valence-corrected chi connectivity index (χ2v) is 4.00. The van der Waals surface area contributed by atoms with Gasteiger partial charge in [-0.1, -0.05) is 0 Å². The van der Waals surface area contributed by atoms with E-state index in [0.29, 0.717) is 0 Å². The van der Waals surface area contributed by atoms with Gasteiger partial charge in [-0.15, -0.1) is 0 Å². The fourth-order valence-corrected chi connectivity index (χ4v) is 1.66. The van der Waals surface area contributed by atoms with Crippen molar-refractivity contribution < 1.29 is 22.7 Å². The number of methoxy groups -OCH3 is 1. The zero-order chi connectivity index (χ0) is 12.3. The Labute approximate surface area is 103 Å². The summed E-state index contributed by atoms with van der Waals surface area (Å²) in [5.74, 6) is -1.87. The van der Waals surface area contributed by atoms with Gasteiger partial charge in [-0.25, -0.2) is 13.2 Å². The topological polar surface area (TPSA) is 39.2 Å². The quantitative estimate of drug-likeness (QED) is 0.624. The minimum Gasteiger partial charge on any atom is -0.469 e. The van der Waals surface area contributed by atoms with Crippen LogP contribution in [-0.4, -0.2) is 18.1 Å². The van der Waals surface area contributed by atoms with E-state index in [2.05, 4.69) is 9.72 Å². The Morgan fingerprint density at radius 2 is 2.25 bits per heavy atom. The lowest BCUT2D eigenvalue weighted by atomic mass is 10.2. The van der Waals surface area contributed by atoms with Gasteiger partial charge in [-0.05, 0) is 22.6 Å². The first-order valence-corrected chi connectivity index (χ1v) is 5.23. The van der Waals surface area contributed by atoms with Crippen LogP contribution < -0.4 is 0 Å². The molecule has 0 radical (unpaired) electrons. The van der Waals surface area contributed by atoms with E-state index < -0.39 is 30.2 Å². The molecule has 88 valence electrons. The molecule has 0 fully saturated rings. The molecule has 0 aliphatic carbocycles. The van der Waals surface area contributed by atoms with E-state index in [4.69, 9.17) is 0 Å². The van der Waals surface area contributed by atoms with Gasteiger partial charge < -0.3 is 4.74 Å². The van der Waals surface area contributed by atoms with Crippen molar-refractivity contribution >= 4 is 28.6 Å². The summed E-state index contributed by atoms with van der Waals surface area (Å²) in [6.07, 6.45) is -2.30. The summed E-state index contributed by atoms with van der Waals surface area (Å²) in [4.78, 5) is 14.5. The van der Waals surface area contributed by atoms with Crippen LogP contribution in [0.1, 0.15) is 17.7 Å². The van der Waals surface area contributed by atoms with E-state index >= 15 is 0 Å². The molecule has 1 aromatic rings. The summed E-state index contributed by atoms with van der Waals surface area (Å²) >= 11 is 1.56. The second kappa shape index (κ2) is 5.46. The zero-order valence-electron chi connectivity index (χ0n) is 8.14. The van der Waals surface area contributed by atoms with E-state index in [0.717, 1.165) is 13.3 Å². The van der Waals surface area contributed by atoms with Crippen LogP contribution in [0, 0.1) is 9.39 Å². The Kier molecular flexibility index (Phi) is 4.51. The predicted octanol–water partition coefficient (Wildman–Crippen LogP) is 2.48. The first kappa shape index (κ1) is 13.2. The van der Waals surface area contributed by atoms with Gasteiger partial charge in [0.15, 0.2) is 5.82 Å². The maximum atomic E-state index is 13.5. The molecule has 0 aromatic carbocycles. The highest BCUT2D eigenvalue weighted by Gasteiger charge is 2.22. The van der Waals surface area contributed by atoms with Crippen LogP contribution in [-0.2, 0) is 16.0 Å². The molecule has 0 saturated carbocycles. The van der Waals surface area contributed by atoms with Gasteiger partial charge in [0.25, 0.3) is 6.43 Å². The molecule has 1 aromatic heterocycles. The van der Waals surface area contributed by atoms with Crippen molar-refractivity contribution in [1.29, 1.82) is 0 Å². The lowest BCUT2D eigenvalue weighted by Crippen LogP contribution is -2.10. The number of rotatable bonds is 3. The van der Waals surface area contributed by atoms with Gasteiger partial charge in [0.1, 0.15) is 0 Å². The summed E-state index contributed by atoms with van der Waals surface area (Å²) in [5.41, 5.74) is -1.06. The lowest BCUT2D eigenvalue weighted by molar-refractivity contribution is -0.139. The van der Waals surface area contributed by atoms with E-state index in [1.54, 1.807) is 22.6 Å². The molecule has 7 heteroatoms. The zero-order valence-corrected chi connectivity index (χ0v) is 10.3. The summed E-state index contributed by atoms with van der Waals surface area (Å²) < 4.78 is 42.9. The summed E-state index contributed by atoms with van der Waals surface area (Å²) in [5, 5.41) is 0. The van der Waals surface area contributed by atoms with Crippen LogP contribution in [0.2, 0.25) is 0 Å². The number of nitrogens with zero attached hydrogens (tertiary/aromatic N) is 1. The number of hydrogen-bond acceptors (Lipinski definition) is 3. The van der Waals surface area contributed by atoms with E-state index in [9.17, 15) is 18.0 Å². The fourth-order valence-electron chi connectivity index (χ4n) is 1.05. The number of carbonyl (C=O) groups is 1. The molecule has 0 saturated heterocycles. The number of pyridine rings is 1. The molecule has 1 rings (SSSR count). The van der Waals surface area contributed by atoms with Gasteiger partial charge >= 0.3 is 5.97 Å². The van der Waals surface area contributed by atoms with Crippen LogP contribution >= 0.6 is 22.6 Å². The Bertz CT molecular complexity index is 412. The Morgan fingerprint density at radius 3 is 2.75 bits per heavy atom. The van der Waals surface area contributed by atoms with Crippen LogP contribution in [0.4, 0.5) is 13.2 Å². The van der Waals surface area contributed by atoms with Crippen LogP contribution in [0.15, 0.2) is 6.20 Å². The maximum Gasteiger partial charge on any atom is 0.311 e. The van der Waals surface area contributed by atoms with Crippen LogP contribution in [0.25, 0.3) is 0 Å². The van der Waals surface area contributed by atoms with E-state index in [1.807, 2.05) is 0 Å². The number of ether oxygens (including phenoxy) is 1. The standard InChI is InChI=1S/C9H7F3INO2/c1-16-6(15)2-5-8(10)7(9(11)12)4(13)3-14-5/h3,9H,2H2,1H3. The molecule has 0 aliphatic rings. The average molecular weight is 345 g/mol. The van der Waals surface area contributed by atoms with Crippen molar-refractivity contribution in [2.24, 2.45) is 0 Å². The molecule has 0 unspecified atom stereocenters. The largest absolute Gasteiger partial charge is 0.469 e. The van der Waals surface area contributed by atoms with Gasteiger partial charge in [0, 0.05) is 9.77 Å². The smallest absolute Gasteiger partial charge is 0.311 e. The van der Waals surface area contributed by atoms with E-state index in [-0.39, 0.29) is 9.26 Å². The van der Waals surface area contributed by atoms with Gasteiger partial charge in [0.05, 0.1) is 24.8 Å². The van der Waals surface area contributed by atoms with Crippen molar-refractivity contribution in [2.75, 3.05) is 7.11 Å². The number of halogens is 4. The Balaban J connectivity index is 3.13. The number of hydrogen-bond donors (Lipinski definition) is 0. The summed E-state index contributed by atoms with van der Waals surface area (Å²) in [6, 6.07) is 0. The number of carbonyl (C=O) groups excluding carboxylic acids is 1. The summed E-state index contributed by atoms with van der Waals surface area (Å²) in [6.45, 7) is 0. The number of esters is 1. The summed E-state index contributed by atoms with van der Waals surface area (Å²) in [7, 11) is 1.13. The molecule has 0 N–H and O–H groups in total. The highest BCUT2D eigenvalue weighted by Crippen LogP contribution is 2.28. The average Bonchev–Trinajstić information content (AvgIpc) is 2.21. The second-order valence-electron chi connectivity index (χ2n) is 2.83. The maximum absolute atomic E-state index is 13.5. The monoisotopic (exact) mass is 345 g/mol. The van der Waals surface area contributed by atoms with Crippen molar-refractivity contribution in [3.8, 4) is 0 Å². The molecule has 0 amide bonds. The highest BCUT2D eigenvalue weighted by molar-refractivity contribution is 14.1. The Morgan fingerprint density at radius 1 is 1.62 bits per heavy atom. The van der Waals surface area contributed by atoms with Crippen molar-refractivity contribution in [3.05, 3.63) is 26.8 Å². The molecule has 1 heterocycles. The first-order chi connectivity index (χ1) is 7.47. The molecule has 3 nitrogen and oxygen atoms in total. The lowest BCUT2D eigenvalue weighted by Gasteiger charge is -2.08. The van der Waals surface area contributed by atoms with Crippen LogP contribution in [0.5, 0.6) is 0 Å². The minimum atomic E-state index is -2.94. The van der Waals surface area contributed by atoms with Gasteiger partial charge in [-0.3, -0.25) is 9.78 Å². The molecule has 0 atom stereocenters. The highest BCUT2D eigenvalue weighted by atomic mass is 127. The van der Waals surface area contributed by atoms with Crippen molar-refractivity contribution in [3.63, 3.8) is 0 Å². The van der Waals surface area contributed by atoms with Crippen molar-refractivity contribution in [1.82, 2.24) is 4.98 Å². The van der Waals surface area contributed by atoms with E-state index in [1.165, 1.54) is 0 Å². The van der Waals surface area contributed by atoms with Gasteiger partial charge in [0.2, 0.25) is 0 Å². The molecular weight excluding hydrogens is 338 g/mol. The molecule has 0 aliphatic heterocycles.